The lowest BCUT2D eigenvalue weighted by Gasteiger charge is -2.59. The molecule has 2 N–H and O–H groups in total. The lowest BCUT2D eigenvalue weighted by Crippen LogP contribution is -2.77. The molecule has 0 aromatic heterocycles. The molecule has 198 valence electrons. The number of esters is 1. The van der Waals surface area contributed by atoms with Crippen LogP contribution in [0.5, 0.6) is 0 Å². The average Bonchev–Trinajstić information content (AvgIpc) is 3.47. The average molecular weight is 510 g/mol. The minimum Gasteiger partial charge on any atom is -0.454 e. The fourth-order valence-corrected chi connectivity index (χ4v) is 5.57. The number of nitrogens with zero attached hydrogens (tertiary/aromatic N) is 3. The zero-order valence-corrected chi connectivity index (χ0v) is 21.5. The smallest absolute Gasteiger partial charge is 0.336 e. The van der Waals surface area contributed by atoms with Crippen molar-refractivity contribution in [3.8, 4) is 0 Å². The fourth-order valence-electron chi connectivity index (χ4n) is 5.57. The van der Waals surface area contributed by atoms with Crippen LogP contribution in [0.15, 0.2) is 69.7 Å². The van der Waals surface area contributed by atoms with Gasteiger partial charge in [-0.2, -0.15) is 4.99 Å². The monoisotopic (exact) mass is 509 g/mol. The summed E-state index contributed by atoms with van der Waals surface area (Å²) in [5, 5.41) is 21.8. The van der Waals surface area contributed by atoms with Crippen molar-refractivity contribution in [1.82, 2.24) is 4.90 Å². The molecule has 1 spiro atoms. The third kappa shape index (κ3) is 5.36. The predicted octanol–water partition coefficient (Wildman–Crippen LogP) is 2.42. The van der Waals surface area contributed by atoms with Crippen LogP contribution in [-0.4, -0.2) is 82.3 Å². The summed E-state index contributed by atoms with van der Waals surface area (Å²) in [6.45, 7) is 9.97. The van der Waals surface area contributed by atoms with Crippen LogP contribution in [-0.2, 0) is 19.1 Å². The van der Waals surface area contributed by atoms with Gasteiger partial charge in [0.05, 0.1) is 36.0 Å². The van der Waals surface area contributed by atoms with Gasteiger partial charge in [-0.3, -0.25) is 9.69 Å². The van der Waals surface area contributed by atoms with Crippen molar-refractivity contribution in [2.24, 2.45) is 15.9 Å². The van der Waals surface area contributed by atoms with E-state index in [4.69, 9.17) is 9.47 Å². The van der Waals surface area contributed by atoms with Crippen LogP contribution in [0, 0.1) is 5.92 Å². The molecule has 37 heavy (non-hydrogen) atoms. The van der Waals surface area contributed by atoms with E-state index in [9.17, 15) is 19.8 Å². The van der Waals surface area contributed by atoms with Crippen molar-refractivity contribution in [2.75, 3.05) is 6.61 Å². The SMILES string of the molecule is C=C1/C=C\C(=O)N=CN=C/C(C)=C\C=C/[C@H](O)CC2OCC3C(O)C4(CCC=C4C(=O)O[C@H]1C(C)C)N23. The van der Waals surface area contributed by atoms with Crippen molar-refractivity contribution in [3.05, 3.63) is 59.8 Å². The molecule has 2 saturated heterocycles. The Labute approximate surface area is 217 Å². The molecule has 1 aliphatic carbocycles. The molecule has 0 bridgehead atoms. The number of aliphatic hydroxyl groups excluding tert-OH is 2. The lowest BCUT2D eigenvalue weighted by atomic mass is 9.71. The summed E-state index contributed by atoms with van der Waals surface area (Å²) in [5.41, 5.74) is 0.745. The van der Waals surface area contributed by atoms with E-state index < -0.39 is 42.0 Å². The minimum atomic E-state index is -0.915. The van der Waals surface area contributed by atoms with Gasteiger partial charge in [0, 0.05) is 18.7 Å². The molecule has 4 aliphatic rings. The highest BCUT2D eigenvalue weighted by Crippen LogP contribution is 2.54. The molecule has 0 aromatic carbocycles. The highest BCUT2D eigenvalue weighted by molar-refractivity contribution is 5.96. The number of rotatable bonds is 1. The quantitative estimate of drug-likeness (QED) is 0.521. The third-order valence-electron chi connectivity index (χ3n) is 7.31. The first-order valence-electron chi connectivity index (χ1n) is 12.6. The second kappa shape index (κ2) is 11.2. The molecule has 3 heterocycles. The van der Waals surface area contributed by atoms with Crippen LogP contribution < -0.4 is 0 Å². The fraction of sp³-hybridized carbons (Fsp3) is 0.500. The number of aliphatic hydroxyl groups is 2. The molecule has 4 rings (SSSR count). The number of aliphatic imine (C=N–C) groups is 2. The van der Waals surface area contributed by atoms with Crippen molar-refractivity contribution in [2.45, 2.75) is 76.2 Å². The molecular weight excluding hydrogens is 474 g/mol. The van der Waals surface area contributed by atoms with Crippen LogP contribution in [0.25, 0.3) is 0 Å². The van der Waals surface area contributed by atoms with E-state index in [1.165, 1.54) is 12.2 Å². The van der Waals surface area contributed by atoms with Gasteiger partial charge in [-0.25, -0.2) is 9.79 Å². The van der Waals surface area contributed by atoms with Crippen molar-refractivity contribution >= 4 is 24.4 Å². The van der Waals surface area contributed by atoms with E-state index in [1.54, 1.807) is 24.4 Å². The molecule has 2 fully saturated rings. The van der Waals surface area contributed by atoms with Gasteiger partial charge in [0.2, 0.25) is 0 Å². The number of amides is 1. The van der Waals surface area contributed by atoms with Crippen LogP contribution in [0.3, 0.4) is 0 Å². The molecule has 6 atom stereocenters. The molecule has 0 radical (unpaired) electrons. The maximum Gasteiger partial charge on any atom is 0.336 e. The van der Waals surface area contributed by atoms with Crippen molar-refractivity contribution < 1.29 is 29.3 Å². The Morgan fingerprint density at radius 3 is 2.78 bits per heavy atom. The zero-order chi connectivity index (χ0) is 26.7. The van der Waals surface area contributed by atoms with Gasteiger partial charge in [0.25, 0.3) is 5.91 Å². The van der Waals surface area contributed by atoms with E-state index in [1.807, 2.05) is 31.7 Å². The maximum absolute atomic E-state index is 13.5. The first kappa shape index (κ1) is 27.1. The molecule has 9 nitrogen and oxygen atoms in total. The second-order valence-electron chi connectivity index (χ2n) is 10.2. The van der Waals surface area contributed by atoms with Crippen LogP contribution >= 0.6 is 0 Å². The summed E-state index contributed by atoms with van der Waals surface area (Å²) >= 11 is 0. The molecule has 1 amide bonds. The van der Waals surface area contributed by atoms with Gasteiger partial charge >= 0.3 is 5.97 Å². The Kier molecular flexibility index (Phi) is 8.18. The number of allylic oxidation sites excluding steroid dienone is 4. The van der Waals surface area contributed by atoms with E-state index >= 15 is 0 Å². The summed E-state index contributed by atoms with van der Waals surface area (Å²) in [6, 6.07) is -0.250. The summed E-state index contributed by atoms with van der Waals surface area (Å²) in [7, 11) is 0. The number of hydrogen-bond donors (Lipinski definition) is 2. The Bertz CT molecular complexity index is 1120. The number of cyclic esters (lactones) is 1. The summed E-state index contributed by atoms with van der Waals surface area (Å²) in [6.07, 6.45) is 11.2. The number of ether oxygens (including phenoxy) is 2. The van der Waals surface area contributed by atoms with Gasteiger partial charge in [-0.05, 0) is 36.8 Å². The first-order valence-corrected chi connectivity index (χ1v) is 12.6. The normalized spacial score (nSPS) is 38.5. The largest absolute Gasteiger partial charge is 0.454 e. The van der Waals surface area contributed by atoms with Crippen molar-refractivity contribution in [1.29, 1.82) is 0 Å². The van der Waals surface area contributed by atoms with E-state index in [-0.39, 0.29) is 18.4 Å². The van der Waals surface area contributed by atoms with Crippen molar-refractivity contribution in [3.63, 3.8) is 0 Å². The topological polar surface area (TPSA) is 121 Å². The highest BCUT2D eigenvalue weighted by Gasteiger charge is 2.68. The van der Waals surface area contributed by atoms with Gasteiger partial charge in [0.15, 0.2) is 0 Å². The second-order valence-corrected chi connectivity index (χ2v) is 10.2. The van der Waals surface area contributed by atoms with Gasteiger partial charge in [0.1, 0.15) is 18.7 Å². The molecule has 4 unspecified atom stereocenters. The lowest BCUT2D eigenvalue weighted by molar-refractivity contribution is -0.183. The van der Waals surface area contributed by atoms with E-state index in [0.717, 1.165) is 11.9 Å². The Hall–Kier alpha value is -2.98. The summed E-state index contributed by atoms with van der Waals surface area (Å²) in [5.74, 6) is -1.16. The minimum absolute atomic E-state index is 0.109. The molecule has 3 aliphatic heterocycles. The highest BCUT2D eigenvalue weighted by atomic mass is 16.5. The van der Waals surface area contributed by atoms with Gasteiger partial charge in [-0.15, -0.1) is 0 Å². The Balaban J connectivity index is 1.66. The van der Waals surface area contributed by atoms with Crippen LogP contribution in [0.2, 0.25) is 0 Å². The van der Waals surface area contributed by atoms with Crippen LogP contribution in [0.4, 0.5) is 0 Å². The first-order chi connectivity index (χ1) is 17.6. The van der Waals surface area contributed by atoms with Crippen LogP contribution in [0.1, 0.15) is 40.0 Å². The van der Waals surface area contributed by atoms with E-state index in [2.05, 4.69) is 16.6 Å². The molecule has 9 heteroatoms. The van der Waals surface area contributed by atoms with Gasteiger partial charge < -0.3 is 19.7 Å². The maximum atomic E-state index is 13.5. The molecule has 0 aromatic rings. The molecule has 0 saturated carbocycles. The predicted molar refractivity (Wildman–Crippen MR) is 140 cm³/mol. The standard InChI is InChI=1S/C28H35N3O6/c1-17(2)25-19(4)10-11-23(33)30-16-29-14-18(3)7-5-8-20(32)13-24-31-22(15-36-24)26(34)28(31)12-6-9-21(28)27(35)37-25/h5,7-11,14,16-17,20,22,24-26,32,34H,4,6,12-13,15H2,1-3H3/b8-5-,11-10-,18-7-,29-14?,30-16?/t20-,22?,24?,25-,26?,28?/m0/s1. The van der Waals surface area contributed by atoms with Gasteiger partial charge in [-0.1, -0.05) is 50.8 Å². The molecular formula is C28H35N3O6. The van der Waals surface area contributed by atoms with E-state index in [0.29, 0.717) is 30.6 Å². The Morgan fingerprint density at radius 2 is 2.03 bits per heavy atom. The third-order valence-corrected chi connectivity index (χ3v) is 7.31. The zero-order valence-electron chi connectivity index (χ0n) is 21.5. The summed E-state index contributed by atoms with van der Waals surface area (Å²) < 4.78 is 11.9. The number of carbonyl (C=O) groups is 2. The summed E-state index contributed by atoms with van der Waals surface area (Å²) in [4.78, 5) is 35.4. The number of hydrogen-bond acceptors (Lipinski definition) is 8. The Morgan fingerprint density at radius 1 is 1.24 bits per heavy atom. The number of carbonyl (C=O) groups excluding carboxylic acids is 2.